The molecule has 0 bridgehead atoms. The van der Waals surface area contributed by atoms with Crippen LogP contribution in [-0.4, -0.2) is 75.3 Å². The van der Waals surface area contributed by atoms with Crippen molar-refractivity contribution in [2.75, 3.05) is 32.7 Å². The molecule has 1 saturated carbocycles. The first-order valence-electron chi connectivity index (χ1n) is 14.9. The lowest BCUT2D eigenvalue weighted by Crippen LogP contribution is -2.47. The number of aromatic nitrogens is 1. The molecular weight excluding hydrogens is 474 g/mol. The van der Waals surface area contributed by atoms with Gasteiger partial charge in [-0.3, -0.25) is 14.7 Å². The van der Waals surface area contributed by atoms with Crippen molar-refractivity contribution in [3.8, 4) is 0 Å². The number of aliphatic carboxylic acids is 1. The molecule has 6 heteroatoms. The molecule has 0 radical (unpaired) electrons. The van der Waals surface area contributed by atoms with Crippen LogP contribution in [0.1, 0.15) is 74.8 Å². The van der Waals surface area contributed by atoms with Gasteiger partial charge >= 0.3 is 5.97 Å². The minimum Gasteiger partial charge on any atom is -0.480 e. The van der Waals surface area contributed by atoms with Crippen LogP contribution in [-0.2, 0) is 11.2 Å². The Morgan fingerprint density at radius 1 is 1.00 bits per heavy atom. The third kappa shape index (κ3) is 6.83. The number of carboxylic acids is 1. The van der Waals surface area contributed by atoms with Crippen LogP contribution in [0.4, 0.5) is 0 Å². The third-order valence-corrected chi connectivity index (χ3v) is 9.58. The van der Waals surface area contributed by atoms with E-state index in [1.54, 1.807) is 0 Å². The van der Waals surface area contributed by atoms with Crippen molar-refractivity contribution in [2.24, 2.45) is 11.8 Å². The average molecular weight is 520 g/mol. The number of carbonyl (C=O) groups is 1. The molecule has 6 nitrogen and oxygen atoms in total. The summed E-state index contributed by atoms with van der Waals surface area (Å²) in [5, 5.41) is 21.5. The van der Waals surface area contributed by atoms with Gasteiger partial charge in [-0.25, -0.2) is 0 Å². The van der Waals surface area contributed by atoms with Crippen molar-refractivity contribution in [1.82, 2.24) is 14.8 Å². The van der Waals surface area contributed by atoms with Gasteiger partial charge in [0.15, 0.2) is 0 Å². The number of benzene rings is 1. The summed E-state index contributed by atoms with van der Waals surface area (Å²) in [5.41, 5.74) is 2.04. The predicted octanol–water partition coefficient (Wildman–Crippen LogP) is 4.98. The average Bonchev–Trinajstić information content (AvgIpc) is 3.34. The maximum atomic E-state index is 12.5. The molecule has 5 rings (SSSR count). The topological polar surface area (TPSA) is 76.9 Å². The van der Waals surface area contributed by atoms with Gasteiger partial charge in [-0.2, -0.15) is 0 Å². The molecular formula is C32H45N3O3. The molecule has 3 atom stereocenters. The number of hydrogen-bond acceptors (Lipinski definition) is 5. The number of likely N-dealkylation sites (tertiary alicyclic amines) is 2. The van der Waals surface area contributed by atoms with Gasteiger partial charge in [0, 0.05) is 51.0 Å². The van der Waals surface area contributed by atoms with Gasteiger partial charge in [0.25, 0.3) is 0 Å². The fourth-order valence-electron chi connectivity index (χ4n) is 7.40. The van der Waals surface area contributed by atoms with Gasteiger partial charge in [0.2, 0.25) is 0 Å². The fraction of sp³-hybridized carbons (Fsp3) is 0.625. The number of nitrogens with zero attached hydrogens (tertiary/aromatic N) is 3. The van der Waals surface area contributed by atoms with Gasteiger partial charge in [-0.1, -0.05) is 49.6 Å². The lowest BCUT2D eigenvalue weighted by molar-refractivity contribution is -0.145. The summed E-state index contributed by atoms with van der Waals surface area (Å²) >= 11 is 0. The van der Waals surface area contributed by atoms with E-state index in [9.17, 15) is 15.0 Å². The van der Waals surface area contributed by atoms with Crippen LogP contribution < -0.4 is 0 Å². The number of carboxylic acid groups (broad SMARTS) is 1. The minimum absolute atomic E-state index is 0.272. The Bertz CT molecular complexity index is 1000. The lowest BCUT2D eigenvalue weighted by atomic mass is 9.83. The maximum absolute atomic E-state index is 12.5. The highest BCUT2D eigenvalue weighted by Gasteiger charge is 2.43. The second kappa shape index (κ2) is 12.7. The van der Waals surface area contributed by atoms with E-state index >= 15 is 0 Å². The zero-order chi connectivity index (χ0) is 26.4. The molecule has 2 aliphatic heterocycles. The van der Waals surface area contributed by atoms with E-state index in [0.29, 0.717) is 11.8 Å². The monoisotopic (exact) mass is 519 g/mol. The molecule has 3 unspecified atom stereocenters. The smallest absolute Gasteiger partial charge is 0.321 e. The van der Waals surface area contributed by atoms with Crippen LogP contribution in [0, 0.1) is 11.8 Å². The summed E-state index contributed by atoms with van der Waals surface area (Å²) in [6, 6.07) is 14.5. The largest absolute Gasteiger partial charge is 0.480 e. The standard InChI is InChI=1S/C32H45N3O3/c36-31(37)30(27-11-5-2-6-12-27)35-23-28(29(24-35)26-9-3-1-4-10-26)22-34-20-16-32(38,17-21-34)15-7-8-25-13-18-33-19-14-25/h1,3-4,9-10,13-14,18-19,27-30,38H,2,5-8,11-12,15-17,20-24H2,(H,36,37). The normalized spacial score (nSPS) is 25.8. The van der Waals surface area contributed by atoms with E-state index in [-0.39, 0.29) is 12.0 Å². The van der Waals surface area contributed by atoms with E-state index in [0.717, 1.165) is 90.5 Å². The van der Waals surface area contributed by atoms with Crippen LogP contribution in [0.5, 0.6) is 0 Å². The SMILES string of the molecule is O=C(O)C(C1CCCCC1)N1CC(CN2CCC(O)(CCCc3ccncc3)CC2)C(c2ccccc2)C1. The first-order valence-corrected chi connectivity index (χ1v) is 14.9. The van der Waals surface area contributed by atoms with Crippen molar-refractivity contribution in [1.29, 1.82) is 0 Å². The Balaban J connectivity index is 1.20. The summed E-state index contributed by atoms with van der Waals surface area (Å²) in [5.74, 6) is 0.385. The maximum Gasteiger partial charge on any atom is 0.321 e. The van der Waals surface area contributed by atoms with Crippen LogP contribution in [0.3, 0.4) is 0 Å². The Labute approximate surface area is 228 Å². The summed E-state index contributed by atoms with van der Waals surface area (Å²) in [7, 11) is 0. The molecule has 206 valence electrons. The molecule has 2 saturated heterocycles. The van der Waals surface area contributed by atoms with Crippen LogP contribution in [0.2, 0.25) is 0 Å². The van der Waals surface area contributed by atoms with Gasteiger partial charge < -0.3 is 15.1 Å². The molecule has 1 aromatic heterocycles. The molecule has 0 spiro atoms. The molecule has 2 N–H and O–H groups in total. The van der Waals surface area contributed by atoms with Crippen molar-refractivity contribution < 1.29 is 15.0 Å². The van der Waals surface area contributed by atoms with E-state index in [1.165, 1.54) is 17.5 Å². The number of aliphatic hydroxyl groups is 1. The lowest BCUT2D eigenvalue weighted by Gasteiger charge is -2.40. The highest BCUT2D eigenvalue weighted by atomic mass is 16.4. The van der Waals surface area contributed by atoms with Gasteiger partial charge in [-0.05, 0) is 80.0 Å². The van der Waals surface area contributed by atoms with Gasteiger partial charge in [0.1, 0.15) is 6.04 Å². The minimum atomic E-state index is -0.640. The first kappa shape index (κ1) is 27.3. The molecule has 0 amide bonds. The molecule has 1 aromatic carbocycles. The van der Waals surface area contributed by atoms with Gasteiger partial charge in [-0.15, -0.1) is 0 Å². The van der Waals surface area contributed by atoms with Crippen LogP contribution >= 0.6 is 0 Å². The number of pyridine rings is 1. The molecule has 2 aromatic rings. The van der Waals surface area contributed by atoms with E-state index in [4.69, 9.17) is 0 Å². The zero-order valence-electron chi connectivity index (χ0n) is 22.8. The third-order valence-electron chi connectivity index (χ3n) is 9.58. The quantitative estimate of drug-likeness (QED) is 0.461. The number of hydrogen-bond donors (Lipinski definition) is 2. The Kier molecular flexibility index (Phi) is 9.13. The molecule has 3 heterocycles. The number of aryl methyl sites for hydroxylation is 1. The van der Waals surface area contributed by atoms with E-state index < -0.39 is 11.6 Å². The Hall–Kier alpha value is -2.28. The van der Waals surface area contributed by atoms with Crippen LogP contribution in [0.25, 0.3) is 0 Å². The molecule has 38 heavy (non-hydrogen) atoms. The van der Waals surface area contributed by atoms with Crippen molar-refractivity contribution in [2.45, 2.75) is 81.8 Å². The Morgan fingerprint density at radius 2 is 1.71 bits per heavy atom. The van der Waals surface area contributed by atoms with Crippen LogP contribution in [0.15, 0.2) is 54.9 Å². The summed E-state index contributed by atoms with van der Waals surface area (Å²) in [6.07, 6.45) is 13.8. The molecule has 3 aliphatic rings. The highest BCUT2D eigenvalue weighted by Crippen LogP contribution is 2.39. The van der Waals surface area contributed by atoms with E-state index in [2.05, 4.69) is 57.2 Å². The van der Waals surface area contributed by atoms with Crippen molar-refractivity contribution >= 4 is 5.97 Å². The predicted molar refractivity (Wildman–Crippen MR) is 150 cm³/mol. The van der Waals surface area contributed by atoms with E-state index in [1.807, 2.05) is 12.4 Å². The zero-order valence-corrected chi connectivity index (χ0v) is 22.8. The first-order chi connectivity index (χ1) is 18.5. The molecule has 1 aliphatic carbocycles. The van der Waals surface area contributed by atoms with Crippen molar-refractivity contribution in [3.05, 3.63) is 66.0 Å². The fourth-order valence-corrected chi connectivity index (χ4v) is 7.40. The second-order valence-corrected chi connectivity index (χ2v) is 12.1. The van der Waals surface area contributed by atoms with Gasteiger partial charge in [0.05, 0.1) is 5.60 Å². The summed E-state index contributed by atoms with van der Waals surface area (Å²) in [4.78, 5) is 21.4. The second-order valence-electron chi connectivity index (χ2n) is 12.1. The molecule has 3 fully saturated rings. The number of rotatable bonds is 10. The number of piperidine rings is 1. The Morgan fingerprint density at radius 3 is 2.39 bits per heavy atom. The summed E-state index contributed by atoms with van der Waals surface area (Å²) in [6.45, 7) is 4.47. The highest BCUT2D eigenvalue weighted by molar-refractivity contribution is 5.74. The van der Waals surface area contributed by atoms with Crippen molar-refractivity contribution in [3.63, 3.8) is 0 Å². The summed E-state index contributed by atoms with van der Waals surface area (Å²) < 4.78 is 0.